The molecular formula is C16H19N5OS. The Morgan fingerprint density at radius 1 is 1.35 bits per heavy atom. The summed E-state index contributed by atoms with van der Waals surface area (Å²) >= 11 is 1.27. The minimum Gasteiger partial charge on any atom is -0.307 e. The Morgan fingerprint density at radius 3 is 2.78 bits per heavy atom. The number of benzene rings is 1. The molecule has 0 aliphatic heterocycles. The van der Waals surface area contributed by atoms with Gasteiger partial charge in [-0.05, 0) is 31.5 Å². The Morgan fingerprint density at radius 2 is 2.13 bits per heavy atom. The van der Waals surface area contributed by atoms with Gasteiger partial charge in [-0.2, -0.15) is 4.52 Å². The number of amides is 1. The Kier molecular flexibility index (Phi) is 4.12. The maximum atomic E-state index is 12.8. The highest BCUT2D eigenvalue weighted by molar-refractivity contribution is 7.18. The first-order valence-corrected chi connectivity index (χ1v) is 8.43. The normalized spacial score (nSPS) is 11.3. The predicted molar refractivity (Wildman–Crippen MR) is 91.3 cm³/mol. The van der Waals surface area contributed by atoms with E-state index in [1.54, 1.807) is 9.42 Å². The van der Waals surface area contributed by atoms with E-state index in [-0.39, 0.29) is 11.8 Å². The van der Waals surface area contributed by atoms with Crippen LogP contribution in [0.25, 0.3) is 4.96 Å². The van der Waals surface area contributed by atoms with Crippen molar-refractivity contribution < 1.29 is 4.79 Å². The van der Waals surface area contributed by atoms with Crippen molar-refractivity contribution in [1.29, 1.82) is 0 Å². The lowest BCUT2D eigenvalue weighted by molar-refractivity contribution is 0.0987. The minimum absolute atomic E-state index is 0.108. The number of aryl methyl sites for hydroxylation is 1. The molecule has 120 valence electrons. The Balaban J connectivity index is 1.98. The standard InChI is InChI=1S/C16H19N5OS/c1-5-20(12-8-6-7-11(4)9-12)15(22)14-19-21-13(10(2)3)17-18-16(21)23-14/h6-10H,5H2,1-4H3. The molecule has 0 N–H and O–H groups in total. The molecule has 23 heavy (non-hydrogen) atoms. The summed E-state index contributed by atoms with van der Waals surface area (Å²) in [4.78, 5) is 15.2. The van der Waals surface area contributed by atoms with Crippen molar-refractivity contribution in [2.75, 3.05) is 11.4 Å². The van der Waals surface area contributed by atoms with Crippen LogP contribution in [0.3, 0.4) is 0 Å². The highest BCUT2D eigenvalue weighted by atomic mass is 32.1. The van der Waals surface area contributed by atoms with E-state index in [0.29, 0.717) is 16.5 Å². The molecule has 0 bridgehead atoms. The van der Waals surface area contributed by atoms with E-state index in [1.807, 2.05) is 52.0 Å². The summed E-state index contributed by atoms with van der Waals surface area (Å²) in [5.74, 6) is 0.867. The molecule has 0 fully saturated rings. The second-order valence-corrected chi connectivity index (χ2v) is 6.66. The number of carbonyl (C=O) groups excluding carboxylic acids is 1. The van der Waals surface area contributed by atoms with E-state index in [4.69, 9.17) is 0 Å². The van der Waals surface area contributed by atoms with Crippen molar-refractivity contribution in [3.8, 4) is 0 Å². The van der Waals surface area contributed by atoms with Crippen LogP contribution in [-0.4, -0.2) is 32.3 Å². The molecule has 0 aliphatic rings. The summed E-state index contributed by atoms with van der Waals surface area (Å²) < 4.78 is 1.67. The van der Waals surface area contributed by atoms with Crippen molar-refractivity contribution in [1.82, 2.24) is 19.8 Å². The molecular weight excluding hydrogens is 310 g/mol. The summed E-state index contributed by atoms with van der Waals surface area (Å²) in [6, 6.07) is 7.91. The second-order valence-electron chi connectivity index (χ2n) is 5.70. The van der Waals surface area contributed by atoms with Gasteiger partial charge >= 0.3 is 0 Å². The number of aromatic nitrogens is 4. The number of hydrogen-bond donors (Lipinski definition) is 0. The molecule has 6 nitrogen and oxygen atoms in total. The van der Waals surface area contributed by atoms with Crippen LogP contribution in [0.15, 0.2) is 24.3 Å². The fraction of sp³-hybridized carbons (Fsp3) is 0.375. The van der Waals surface area contributed by atoms with Gasteiger partial charge in [-0.25, -0.2) is 0 Å². The smallest absolute Gasteiger partial charge is 0.289 e. The summed E-state index contributed by atoms with van der Waals surface area (Å²) in [6.07, 6.45) is 0. The topological polar surface area (TPSA) is 63.4 Å². The first-order chi connectivity index (χ1) is 11.0. The van der Waals surface area contributed by atoms with Crippen molar-refractivity contribution in [3.63, 3.8) is 0 Å². The van der Waals surface area contributed by atoms with E-state index in [1.165, 1.54) is 11.3 Å². The first-order valence-electron chi connectivity index (χ1n) is 7.62. The lowest BCUT2D eigenvalue weighted by Gasteiger charge is -2.19. The highest BCUT2D eigenvalue weighted by Crippen LogP contribution is 2.23. The molecule has 3 rings (SSSR count). The third kappa shape index (κ3) is 2.84. The third-order valence-corrected chi connectivity index (χ3v) is 4.48. The first kappa shape index (κ1) is 15.6. The number of fused-ring (bicyclic) bond motifs is 1. The van der Waals surface area contributed by atoms with E-state index < -0.39 is 0 Å². The summed E-state index contributed by atoms with van der Waals surface area (Å²) in [7, 11) is 0. The predicted octanol–water partition coefficient (Wildman–Crippen LogP) is 3.28. The zero-order valence-electron chi connectivity index (χ0n) is 13.6. The molecule has 2 aromatic heterocycles. The Labute approximate surface area is 138 Å². The molecule has 2 heterocycles. The van der Waals surface area contributed by atoms with Gasteiger partial charge in [0.05, 0.1) is 0 Å². The third-order valence-electron chi connectivity index (χ3n) is 3.59. The molecule has 7 heteroatoms. The lowest BCUT2D eigenvalue weighted by Crippen LogP contribution is -2.30. The number of carbonyl (C=O) groups is 1. The van der Waals surface area contributed by atoms with Crippen LogP contribution in [-0.2, 0) is 0 Å². The van der Waals surface area contributed by atoms with Crippen LogP contribution < -0.4 is 4.90 Å². The Bertz CT molecular complexity index is 851. The number of rotatable bonds is 4. The molecule has 0 atom stereocenters. The van der Waals surface area contributed by atoms with Gasteiger partial charge in [0.25, 0.3) is 5.91 Å². The van der Waals surface area contributed by atoms with E-state index >= 15 is 0 Å². The van der Waals surface area contributed by atoms with Gasteiger partial charge in [0, 0.05) is 18.2 Å². The minimum atomic E-state index is -0.108. The average molecular weight is 329 g/mol. The molecule has 0 spiro atoms. The van der Waals surface area contributed by atoms with Crippen LogP contribution in [0.2, 0.25) is 0 Å². The summed E-state index contributed by atoms with van der Waals surface area (Å²) in [5, 5.41) is 13.1. The molecule has 0 aliphatic carbocycles. The van der Waals surface area contributed by atoms with Gasteiger partial charge in [0.2, 0.25) is 9.97 Å². The summed E-state index contributed by atoms with van der Waals surface area (Å²) in [6.45, 7) is 8.62. The molecule has 1 amide bonds. The van der Waals surface area contributed by atoms with Crippen LogP contribution in [0.4, 0.5) is 5.69 Å². The lowest BCUT2D eigenvalue weighted by atomic mass is 10.2. The maximum absolute atomic E-state index is 12.8. The van der Waals surface area contributed by atoms with Crippen LogP contribution in [0.5, 0.6) is 0 Å². The van der Waals surface area contributed by atoms with Crippen LogP contribution in [0.1, 0.15) is 47.9 Å². The molecule has 0 unspecified atom stereocenters. The van der Waals surface area contributed by atoms with E-state index in [0.717, 1.165) is 17.1 Å². The van der Waals surface area contributed by atoms with Gasteiger partial charge in [-0.1, -0.05) is 37.3 Å². The van der Waals surface area contributed by atoms with Gasteiger partial charge in [-0.15, -0.1) is 15.3 Å². The number of anilines is 1. The molecule has 1 aromatic carbocycles. The van der Waals surface area contributed by atoms with Crippen LogP contribution >= 0.6 is 11.3 Å². The monoisotopic (exact) mass is 329 g/mol. The maximum Gasteiger partial charge on any atom is 0.289 e. The number of hydrogen-bond acceptors (Lipinski definition) is 5. The van der Waals surface area contributed by atoms with Crippen molar-refractivity contribution in [2.24, 2.45) is 0 Å². The quantitative estimate of drug-likeness (QED) is 0.737. The summed E-state index contributed by atoms with van der Waals surface area (Å²) in [5.41, 5.74) is 2.00. The number of nitrogens with zero attached hydrogens (tertiary/aromatic N) is 5. The van der Waals surface area contributed by atoms with E-state index in [9.17, 15) is 4.79 Å². The van der Waals surface area contributed by atoms with E-state index in [2.05, 4.69) is 15.3 Å². The highest BCUT2D eigenvalue weighted by Gasteiger charge is 2.23. The average Bonchev–Trinajstić information content (AvgIpc) is 3.07. The van der Waals surface area contributed by atoms with Crippen molar-refractivity contribution in [3.05, 3.63) is 40.7 Å². The molecule has 3 aromatic rings. The Hall–Kier alpha value is -2.28. The zero-order valence-corrected chi connectivity index (χ0v) is 14.5. The van der Waals surface area contributed by atoms with Gasteiger partial charge in [-0.3, -0.25) is 4.79 Å². The fourth-order valence-electron chi connectivity index (χ4n) is 2.43. The van der Waals surface area contributed by atoms with Gasteiger partial charge < -0.3 is 4.90 Å². The zero-order chi connectivity index (χ0) is 16.6. The molecule has 0 saturated carbocycles. The largest absolute Gasteiger partial charge is 0.307 e. The second kappa shape index (κ2) is 6.08. The molecule has 0 radical (unpaired) electrons. The van der Waals surface area contributed by atoms with Crippen LogP contribution in [0, 0.1) is 6.92 Å². The molecule has 0 saturated heterocycles. The van der Waals surface area contributed by atoms with Crippen molar-refractivity contribution in [2.45, 2.75) is 33.6 Å². The SMILES string of the molecule is CCN(C(=O)c1nn2c(C(C)C)nnc2s1)c1cccc(C)c1. The van der Waals surface area contributed by atoms with Gasteiger partial charge in [0.15, 0.2) is 5.82 Å². The van der Waals surface area contributed by atoms with Crippen molar-refractivity contribution >= 4 is 27.9 Å². The fourth-order valence-corrected chi connectivity index (χ4v) is 3.23. The van der Waals surface area contributed by atoms with Gasteiger partial charge in [0.1, 0.15) is 0 Å².